The molecule has 1 aliphatic heterocycles. The van der Waals surface area contributed by atoms with Gasteiger partial charge in [-0.25, -0.2) is 0 Å². The van der Waals surface area contributed by atoms with E-state index in [9.17, 15) is 4.79 Å². The molecule has 2 N–H and O–H groups in total. The third-order valence-electron chi connectivity index (χ3n) is 7.07. The lowest BCUT2D eigenvalue weighted by Gasteiger charge is -2.23. The minimum absolute atomic E-state index is 0.00771. The molecule has 2 aliphatic rings. The van der Waals surface area contributed by atoms with E-state index in [0.717, 1.165) is 68.7 Å². The summed E-state index contributed by atoms with van der Waals surface area (Å²) in [6.45, 7) is 4.63. The fourth-order valence-electron chi connectivity index (χ4n) is 4.87. The number of anilines is 1. The van der Waals surface area contributed by atoms with E-state index in [2.05, 4.69) is 78.2 Å². The zero-order valence-electron chi connectivity index (χ0n) is 20.5. The first kappa shape index (κ1) is 23.5. The molecule has 35 heavy (non-hydrogen) atoms. The first-order valence-electron chi connectivity index (χ1n) is 12.8. The lowest BCUT2D eigenvalue weighted by Crippen LogP contribution is -2.34. The normalized spacial score (nSPS) is 16.2. The Labute approximate surface area is 208 Å². The van der Waals surface area contributed by atoms with Crippen LogP contribution in [0.4, 0.5) is 5.69 Å². The molecule has 1 amide bonds. The Balaban J connectivity index is 1.25. The lowest BCUT2D eigenvalue weighted by molar-refractivity contribution is -0.112. The summed E-state index contributed by atoms with van der Waals surface area (Å²) in [7, 11) is 0. The zero-order chi connectivity index (χ0) is 24.0. The summed E-state index contributed by atoms with van der Waals surface area (Å²) in [4.78, 5) is 13.1. The van der Waals surface area contributed by atoms with E-state index >= 15 is 0 Å². The molecule has 0 saturated carbocycles. The molecule has 0 aromatic heterocycles. The van der Waals surface area contributed by atoms with Crippen LogP contribution in [-0.4, -0.2) is 25.2 Å². The van der Waals surface area contributed by atoms with Crippen molar-refractivity contribution in [3.05, 3.63) is 94.6 Å². The van der Waals surface area contributed by atoms with Gasteiger partial charge >= 0.3 is 0 Å². The van der Waals surface area contributed by atoms with Crippen LogP contribution in [0, 0.1) is 6.92 Å². The number of hydrogen-bond acceptors (Lipinski definition) is 3. The molecule has 4 nitrogen and oxygen atoms in total. The molecule has 0 bridgehead atoms. The van der Waals surface area contributed by atoms with Gasteiger partial charge in [-0.05, 0) is 91.1 Å². The minimum atomic E-state index is -0.00771. The maximum atomic E-state index is 13.1. The Hall–Kier alpha value is -3.21. The van der Waals surface area contributed by atoms with Gasteiger partial charge in [-0.3, -0.25) is 4.79 Å². The second kappa shape index (κ2) is 11.0. The molecule has 1 aliphatic carbocycles. The van der Waals surface area contributed by atoms with Crippen LogP contribution in [0.25, 0.3) is 17.2 Å². The van der Waals surface area contributed by atoms with E-state index in [1.165, 1.54) is 27.8 Å². The molecule has 0 radical (unpaired) electrons. The Morgan fingerprint density at radius 2 is 1.66 bits per heavy atom. The van der Waals surface area contributed by atoms with Gasteiger partial charge in [0.15, 0.2) is 0 Å². The summed E-state index contributed by atoms with van der Waals surface area (Å²) >= 11 is 0. The number of benzene rings is 3. The topological polar surface area (TPSA) is 50.4 Å². The van der Waals surface area contributed by atoms with Gasteiger partial charge in [0.2, 0.25) is 0 Å². The van der Waals surface area contributed by atoms with Crippen LogP contribution in [0.3, 0.4) is 0 Å². The predicted octanol–water partition coefficient (Wildman–Crippen LogP) is 6.29. The highest BCUT2D eigenvalue weighted by molar-refractivity contribution is 6.07. The summed E-state index contributed by atoms with van der Waals surface area (Å²) < 4.78 is 5.43. The van der Waals surface area contributed by atoms with Crippen molar-refractivity contribution in [2.24, 2.45) is 0 Å². The van der Waals surface area contributed by atoms with Gasteiger partial charge < -0.3 is 15.4 Å². The number of amides is 1. The smallest absolute Gasteiger partial charge is 0.251 e. The number of aryl methyl sites for hydroxylation is 2. The first-order valence-corrected chi connectivity index (χ1v) is 12.8. The molecule has 1 heterocycles. The molecule has 0 atom stereocenters. The van der Waals surface area contributed by atoms with Gasteiger partial charge in [0, 0.05) is 37.1 Å². The first-order chi connectivity index (χ1) is 17.1. The summed E-state index contributed by atoms with van der Waals surface area (Å²) in [5.74, 6) is -0.00771. The molecule has 4 heteroatoms. The highest BCUT2D eigenvalue weighted by Gasteiger charge is 2.16. The number of fused-ring (bicyclic) bond motifs is 1. The largest absolute Gasteiger partial charge is 0.381 e. The van der Waals surface area contributed by atoms with E-state index in [1.54, 1.807) is 0 Å². The van der Waals surface area contributed by atoms with Crippen molar-refractivity contribution in [2.45, 2.75) is 51.6 Å². The van der Waals surface area contributed by atoms with Crippen LogP contribution in [0.1, 0.15) is 47.9 Å². The summed E-state index contributed by atoms with van der Waals surface area (Å²) in [6, 6.07) is 23.9. The molecule has 0 spiro atoms. The highest BCUT2D eigenvalue weighted by atomic mass is 16.5. The van der Waals surface area contributed by atoms with Crippen LogP contribution < -0.4 is 10.6 Å². The van der Waals surface area contributed by atoms with E-state index in [4.69, 9.17) is 4.74 Å². The van der Waals surface area contributed by atoms with Gasteiger partial charge in [0.1, 0.15) is 0 Å². The number of hydrogen-bond donors (Lipinski definition) is 2. The second-order valence-electron chi connectivity index (χ2n) is 9.72. The molecule has 3 aromatic carbocycles. The van der Waals surface area contributed by atoms with Crippen LogP contribution in [0.5, 0.6) is 0 Å². The van der Waals surface area contributed by atoms with E-state index in [-0.39, 0.29) is 5.91 Å². The van der Waals surface area contributed by atoms with Crippen molar-refractivity contribution in [1.82, 2.24) is 5.32 Å². The van der Waals surface area contributed by atoms with Crippen molar-refractivity contribution in [2.75, 3.05) is 18.5 Å². The molecule has 0 unspecified atom stereocenters. The van der Waals surface area contributed by atoms with E-state index in [0.29, 0.717) is 6.04 Å². The highest BCUT2D eigenvalue weighted by Crippen LogP contribution is 2.29. The Morgan fingerprint density at radius 1 is 0.914 bits per heavy atom. The standard InChI is InChI=1S/C31H34N2O2/c1-22-5-9-25(10-6-22)26-12-11-24-3-2-4-27(20-28(24)19-26)31(34)33-30-13-7-23(8-14-30)21-32-29-15-17-35-18-16-29/h5-14,19-20,29,32H,2-4,15-18,21H2,1H3,(H,33,34). The number of ether oxygens (including phenoxy) is 1. The third-order valence-corrected chi connectivity index (χ3v) is 7.07. The maximum absolute atomic E-state index is 13.1. The fraction of sp³-hybridized carbons (Fsp3) is 0.323. The fourth-order valence-corrected chi connectivity index (χ4v) is 4.87. The predicted molar refractivity (Wildman–Crippen MR) is 143 cm³/mol. The van der Waals surface area contributed by atoms with Crippen LogP contribution >= 0.6 is 0 Å². The Morgan fingerprint density at radius 3 is 2.43 bits per heavy atom. The van der Waals surface area contributed by atoms with Gasteiger partial charge in [-0.15, -0.1) is 0 Å². The van der Waals surface area contributed by atoms with Crippen molar-refractivity contribution >= 4 is 17.7 Å². The molecular formula is C31H34N2O2. The average Bonchev–Trinajstić information content (AvgIpc) is 3.11. The molecule has 5 rings (SSSR count). The molecule has 180 valence electrons. The van der Waals surface area contributed by atoms with Gasteiger partial charge in [-0.2, -0.15) is 0 Å². The molecule has 1 fully saturated rings. The molecule has 3 aromatic rings. The summed E-state index contributed by atoms with van der Waals surface area (Å²) in [6.07, 6.45) is 6.98. The van der Waals surface area contributed by atoms with Gasteiger partial charge in [0.25, 0.3) is 5.91 Å². The van der Waals surface area contributed by atoms with Crippen LogP contribution in [0.2, 0.25) is 0 Å². The monoisotopic (exact) mass is 466 g/mol. The SMILES string of the molecule is Cc1ccc(-c2ccc3c(c2)C=C(C(=O)Nc2ccc(CNC4CCOCC4)cc2)CCC3)cc1. The molecular weight excluding hydrogens is 432 g/mol. The van der Waals surface area contributed by atoms with Gasteiger partial charge in [0.05, 0.1) is 0 Å². The number of nitrogens with one attached hydrogen (secondary N) is 2. The summed E-state index contributed by atoms with van der Waals surface area (Å²) in [5.41, 5.74) is 9.01. The number of carbonyl (C=O) groups is 1. The van der Waals surface area contributed by atoms with Crippen LogP contribution in [0.15, 0.2) is 72.3 Å². The Bertz CT molecular complexity index is 1190. The molecule has 1 saturated heterocycles. The third kappa shape index (κ3) is 6.08. The summed E-state index contributed by atoms with van der Waals surface area (Å²) in [5, 5.41) is 6.72. The number of carbonyl (C=O) groups excluding carboxylic acids is 1. The van der Waals surface area contributed by atoms with Crippen molar-refractivity contribution in [3.63, 3.8) is 0 Å². The van der Waals surface area contributed by atoms with Gasteiger partial charge in [-0.1, -0.05) is 54.1 Å². The Kier molecular flexibility index (Phi) is 7.41. The second-order valence-corrected chi connectivity index (χ2v) is 9.72. The van der Waals surface area contributed by atoms with E-state index in [1.807, 2.05) is 12.1 Å². The minimum Gasteiger partial charge on any atom is -0.381 e. The van der Waals surface area contributed by atoms with E-state index < -0.39 is 0 Å². The average molecular weight is 467 g/mol. The maximum Gasteiger partial charge on any atom is 0.251 e. The zero-order valence-corrected chi connectivity index (χ0v) is 20.5. The van der Waals surface area contributed by atoms with Crippen molar-refractivity contribution in [1.29, 1.82) is 0 Å². The van der Waals surface area contributed by atoms with Crippen molar-refractivity contribution in [3.8, 4) is 11.1 Å². The van der Waals surface area contributed by atoms with Crippen LogP contribution in [-0.2, 0) is 22.5 Å². The quantitative estimate of drug-likeness (QED) is 0.449. The number of rotatable bonds is 6. The van der Waals surface area contributed by atoms with Crippen molar-refractivity contribution < 1.29 is 9.53 Å². The lowest BCUT2D eigenvalue weighted by atomic mass is 9.97.